The largest absolute Gasteiger partial charge is 0.495 e. The highest BCUT2D eigenvalue weighted by Crippen LogP contribution is 2.34. The molecule has 29 heavy (non-hydrogen) atoms. The summed E-state index contributed by atoms with van der Waals surface area (Å²) in [5, 5.41) is 0.933. The van der Waals surface area contributed by atoms with Crippen LogP contribution >= 0.6 is 0 Å². The lowest BCUT2D eigenvalue weighted by Crippen LogP contribution is -2.28. The molecule has 8 heteroatoms. The minimum absolute atomic E-state index is 0.134. The number of rotatable bonds is 3. The number of benzene rings is 1. The number of fused-ring (bicyclic) bond motifs is 2. The lowest BCUT2D eigenvalue weighted by molar-refractivity contribution is 0.401. The Hall–Kier alpha value is -3.13. The first-order valence-electron chi connectivity index (χ1n) is 9.08. The maximum absolute atomic E-state index is 13.1. The third-order valence-corrected chi connectivity index (χ3v) is 7.39. The first-order chi connectivity index (χ1) is 13.6. The van der Waals surface area contributed by atoms with E-state index >= 15 is 0 Å². The highest BCUT2D eigenvalue weighted by molar-refractivity contribution is 7.92. The molecule has 1 aromatic carbocycles. The lowest BCUT2D eigenvalue weighted by atomic mass is 10.1. The molecule has 0 unspecified atom stereocenters. The quantitative estimate of drug-likeness (QED) is 0.553. The number of anilines is 1. The monoisotopic (exact) mass is 410 g/mol. The van der Waals surface area contributed by atoms with E-state index in [0.717, 1.165) is 22.2 Å². The minimum atomic E-state index is -3.62. The Morgan fingerprint density at radius 3 is 2.55 bits per heavy atom. The van der Waals surface area contributed by atoms with Crippen molar-refractivity contribution in [1.29, 1.82) is 0 Å². The van der Waals surface area contributed by atoms with Gasteiger partial charge < -0.3 is 10.5 Å². The Morgan fingerprint density at radius 2 is 1.86 bits per heavy atom. The number of nitrogens with two attached hydrogens (primary N) is 1. The molecule has 0 spiro atoms. The Kier molecular flexibility index (Phi) is 4.27. The Morgan fingerprint density at radius 1 is 1.10 bits per heavy atom. The van der Waals surface area contributed by atoms with Gasteiger partial charge in [0.05, 0.1) is 29.3 Å². The standard InChI is InChI=1S/C21H22N4O3S/c1-21(2,3)29(26,27)18-12-25-16(11-23-20(25)10-17(18)28-4)14-5-7-15-13(9-14)6-8-19(22)24-15/h5-12H,1-4H3,(H2,22,24). The van der Waals surface area contributed by atoms with Crippen molar-refractivity contribution in [2.75, 3.05) is 12.8 Å². The molecule has 0 radical (unpaired) electrons. The topological polar surface area (TPSA) is 99.6 Å². The second kappa shape index (κ2) is 6.45. The first kappa shape index (κ1) is 19.2. The molecule has 4 rings (SSSR count). The number of hydrogen-bond donors (Lipinski definition) is 1. The van der Waals surface area contributed by atoms with Gasteiger partial charge in [-0.15, -0.1) is 0 Å². The maximum Gasteiger partial charge on any atom is 0.188 e. The molecule has 150 valence electrons. The van der Waals surface area contributed by atoms with Crippen molar-refractivity contribution < 1.29 is 13.2 Å². The van der Waals surface area contributed by atoms with E-state index in [9.17, 15) is 8.42 Å². The van der Waals surface area contributed by atoms with Crippen LogP contribution in [-0.2, 0) is 9.84 Å². The fourth-order valence-corrected chi connectivity index (χ4v) is 4.50. The number of aromatic nitrogens is 3. The Bertz CT molecular complexity index is 1350. The summed E-state index contributed by atoms with van der Waals surface area (Å²) in [6, 6.07) is 11.1. The molecule has 0 aliphatic carbocycles. The van der Waals surface area contributed by atoms with Crippen molar-refractivity contribution in [1.82, 2.24) is 14.4 Å². The molecule has 0 amide bonds. The second-order valence-electron chi connectivity index (χ2n) is 7.84. The van der Waals surface area contributed by atoms with E-state index in [2.05, 4.69) is 9.97 Å². The van der Waals surface area contributed by atoms with Crippen molar-refractivity contribution in [3.8, 4) is 17.0 Å². The van der Waals surface area contributed by atoms with E-state index in [-0.39, 0.29) is 10.6 Å². The van der Waals surface area contributed by atoms with Crippen molar-refractivity contribution >= 4 is 32.2 Å². The van der Waals surface area contributed by atoms with Crippen LogP contribution in [0.25, 0.3) is 27.8 Å². The Balaban J connectivity index is 1.96. The number of pyridine rings is 2. The van der Waals surface area contributed by atoms with E-state index in [4.69, 9.17) is 10.5 Å². The molecule has 2 N–H and O–H groups in total. The summed E-state index contributed by atoms with van der Waals surface area (Å²) in [4.78, 5) is 8.89. The highest BCUT2D eigenvalue weighted by atomic mass is 32.2. The number of sulfone groups is 1. The highest BCUT2D eigenvalue weighted by Gasteiger charge is 2.34. The van der Waals surface area contributed by atoms with E-state index in [1.165, 1.54) is 7.11 Å². The van der Waals surface area contributed by atoms with Crippen LogP contribution < -0.4 is 10.5 Å². The fraction of sp³-hybridized carbons (Fsp3) is 0.238. The van der Waals surface area contributed by atoms with Crippen LogP contribution in [0.2, 0.25) is 0 Å². The summed E-state index contributed by atoms with van der Waals surface area (Å²) in [5.74, 6) is 0.743. The summed E-state index contributed by atoms with van der Waals surface area (Å²) in [7, 11) is -2.17. The normalized spacial score (nSPS) is 12.6. The number of nitrogens with zero attached hydrogens (tertiary/aromatic N) is 3. The van der Waals surface area contributed by atoms with Crippen molar-refractivity contribution in [2.24, 2.45) is 0 Å². The van der Waals surface area contributed by atoms with Gasteiger partial charge in [-0.05, 0) is 45.0 Å². The summed E-state index contributed by atoms with van der Waals surface area (Å²) in [6.45, 7) is 5.01. The van der Waals surface area contributed by atoms with Gasteiger partial charge in [0.25, 0.3) is 0 Å². The van der Waals surface area contributed by atoms with Gasteiger partial charge in [0.2, 0.25) is 0 Å². The maximum atomic E-state index is 13.1. The molecule has 3 heterocycles. The van der Waals surface area contributed by atoms with Crippen molar-refractivity contribution in [2.45, 2.75) is 30.4 Å². The molecule has 7 nitrogen and oxygen atoms in total. The van der Waals surface area contributed by atoms with E-state index in [1.807, 2.05) is 24.3 Å². The Labute approximate surface area is 169 Å². The van der Waals surface area contributed by atoms with Gasteiger partial charge in [0.15, 0.2) is 9.84 Å². The van der Waals surface area contributed by atoms with E-state index < -0.39 is 14.6 Å². The van der Waals surface area contributed by atoms with Crippen LogP contribution in [0, 0.1) is 0 Å². The van der Waals surface area contributed by atoms with Gasteiger partial charge in [-0.25, -0.2) is 18.4 Å². The molecule has 3 aromatic heterocycles. The van der Waals surface area contributed by atoms with Crippen LogP contribution in [0.15, 0.2) is 53.7 Å². The number of hydrogen-bond acceptors (Lipinski definition) is 6. The van der Waals surface area contributed by atoms with Gasteiger partial charge in [-0.1, -0.05) is 6.07 Å². The van der Waals surface area contributed by atoms with Crippen molar-refractivity contribution in [3.05, 3.63) is 48.8 Å². The average Bonchev–Trinajstić information content (AvgIpc) is 3.08. The van der Waals surface area contributed by atoms with E-state index in [1.54, 1.807) is 49.7 Å². The summed E-state index contributed by atoms with van der Waals surface area (Å²) in [6.07, 6.45) is 3.30. The van der Waals surface area contributed by atoms with Gasteiger partial charge in [0, 0.05) is 23.2 Å². The summed E-state index contributed by atoms with van der Waals surface area (Å²) in [5.41, 5.74) is 8.81. The molecule has 0 saturated carbocycles. The van der Waals surface area contributed by atoms with Crippen LogP contribution in [0.4, 0.5) is 5.82 Å². The predicted octanol–water partition coefficient (Wildman–Crippen LogP) is 3.71. The summed E-state index contributed by atoms with van der Waals surface area (Å²) >= 11 is 0. The number of methoxy groups -OCH3 is 1. The van der Waals surface area contributed by atoms with Crippen LogP contribution in [0.5, 0.6) is 5.75 Å². The SMILES string of the molecule is COc1cc2ncc(-c3ccc4nc(N)ccc4c3)n2cc1S(=O)(=O)C(C)(C)C. The van der Waals surface area contributed by atoms with Crippen LogP contribution in [0.3, 0.4) is 0 Å². The zero-order chi connectivity index (χ0) is 21.0. The zero-order valence-corrected chi connectivity index (χ0v) is 17.5. The lowest BCUT2D eigenvalue weighted by Gasteiger charge is -2.21. The van der Waals surface area contributed by atoms with Gasteiger partial charge in [0.1, 0.15) is 22.1 Å². The summed E-state index contributed by atoms with van der Waals surface area (Å²) < 4.78 is 32.4. The minimum Gasteiger partial charge on any atom is -0.495 e. The number of imidazole rings is 1. The molecule has 0 saturated heterocycles. The van der Waals surface area contributed by atoms with Crippen LogP contribution in [-0.4, -0.2) is 34.6 Å². The molecule has 0 fully saturated rings. The van der Waals surface area contributed by atoms with Crippen molar-refractivity contribution in [3.63, 3.8) is 0 Å². The van der Waals surface area contributed by atoms with Gasteiger partial charge in [-0.2, -0.15) is 0 Å². The smallest absolute Gasteiger partial charge is 0.188 e. The molecule has 0 aliphatic heterocycles. The molecular weight excluding hydrogens is 388 g/mol. The predicted molar refractivity (Wildman–Crippen MR) is 114 cm³/mol. The second-order valence-corrected chi connectivity index (χ2v) is 10.5. The van der Waals surface area contributed by atoms with Gasteiger partial charge in [-0.3, -0.25) is 4.40 Å². The van der Waals surface area contributed by atoms with Gasteiger partial charge >= 0.3 is 0 Å². The number of nitrogen functional groups attached to an aromatic ring is 1. The first-order valence-corrected chi connectivity index (χ1v) is 10.6. The average molecular weight is 410 g/mol. The zero-order valence-electron chi connectivity index (χ0n) is 16.7. The fourth-order valence-electron chi connectivity index (χ4n) is 3.19. The molecule has 0 aliphatic rings. The molecular formula is C21H22N4O3S. The molecule has 4 aromatic rings. The third kappa shape index (κ3) is 3.09. The van der Waals surface area contributed by atoms with Crippen LogP contribution in [0.1, 0.15) is 20.8 Å². The molecule has 0 atom stereocenters. The van der Waals surface area contributed by atoms with E-state index in [0.29, 0.717) is 11.5 Å². The molecule has 0 bridgehead atoms. The third-order valence-electron chi connectivity index (χ3n) is 4.90. The number of ether oxygens (including phenoxy) is 1.